The molecule has 0 aromatic rings. The molecular formula is C22H42O. The molecule has 0 aromatic carbocycles. The van der Waals surface area contributed by atoms with Crippen LogP contribution in [0.4, 0.5) is 0 Å². The standard InChI is InChI=1S/C22H42O/c1-3-5-7-9-11-12-14-16-18-20-22(21-23)19-17-15-13-10-8-6-4-2/h20-21H,3-19H2,1-2H3/b22-20+. The van der Waals surface area contributed by atoms with Crippen LogP contribution >= 0.6 is 0 Å². The molecule has 0 saturated heterocycles. The number of hydrogen-bond acceptors (Lipinski definition) is 1. The lowest BCUT2D eigenvalue weighted by Gasteiger charge is -2.03. The normalized spacial score (nSPS) is 11.8. The number of allylic oxidation sites excluding steroid dienone is 2. The van der Waals surface area contributed by atoms with Crippen molar-refractivity contribution >= 4 is 6.29 Å². The fourth-order valence-corrected chi connectivity index (χ4v) is 3.06. The zero-order valence-corrected chi connectivity index (χ0v) is 16.1. The van der Waals surface area contributed by atoms with Gasteiger partial charge in [-0.15, -0.1) is 0 Å². The molecule has 0 N–H and O–H groups in total. The van der Waals surface area contributed by atoms with Gasteiger partial charge in [0.2, 0.25) is 0 Å². The minimum absolute atomic E-state index is 0.994. The van der Waals surface area contributed by atoms with E-state index in [0.717, 1.165) is 24.7 Å². The highest BCUT2D eigenvalue weighted by Crippen LogP contribution is 2.14. The molecule has 0 fully saturated rings. The van der Waals surface area contributed by atoms with E-state index in [1.54, 1.807) is 0 Å². The Hall–Kier alpha value is -0.590. The van der Waals surface area contributed by atoms with E-state index >= 15 is 0 Å². The van der Waals surface area contributed by atoms with Crippen molar-refractivity contribution < 1.29 is 4.79 Å². The molecule has 0 aliphatic rings. The summed E-state index contributed by atoms with van der Waals surface area (Å²) in [6.45, 7) is 4.52. The van der Waals surface area contributed by atoms with E-state index in [0.29, 0.717) is 0 Å². The number of aldehydes is 1. The van der Waals surface area contributed by atoms with Crippen LogP contribution in [0.1, 0.15) is 123 Å². The maximum Gasteiger partial charge on any atom is 0.145 e. The van der Waals surface area contributed by atoms with Gasteiger partial charge in [-0.1, -0.05) is 103 Å². The van der Waals surface area contributed by atoms with Gasteiger partial charge in [-0.25, -0.2) is 0 Å². The summed E-state index contributed by atoms with van der Waals surface area (Å²) in [6.07, 6.45) is 25.5. The second kappa shape index (κ2) is 19.5. The van der Waals surface area contributed by atoms with Crippen LogP contribution in [0.15, 0.2) is 11.6 Å². The topological polar surface area (TPSA) is 17.1 Å². The van der Waals surface area contributed by atoms with Gasteiger partial charge in [0.25, 0.3) is 0 Å². The molecule has 0 rings (SSSR count). The Morgan fingerprint density at radius 3 is 1.52 bits per heavy atom. The summed E-state index contributed by atoms with van der Waals surface area (Å²) in [4.78, 5) is 11.1. The lowest BCUT2D eigenvalue weighted by Crippen LogP contribution is -1.88. The third kappa shape index (κ3) is 17.6. The number of carbonyl (C=O) groups excluding carboxylic acids is 1. The zero-order chi connectivity index (χ0) is 17.0. The van der Waals surface area contributed by atoms with Gasteiger partial charge in [0.1, 0.15) is 6.29 Å². The van der Waals surface area contributed by atoms with Gasteiger partial charge in [-0.3, -0.25) is 4.79 Å². The minimum Gasteiger partial charge on any atom is -0.298 e. The van der Waals surface area contributed by atoms with Crippen molar-refractivity contribution in [2.75, 3.05) is 0 Å². The molecule has 1 nitrogen and oxygen atoms in total. The van der Waals surface area contributed by atoms with Crippen molar-refractivity contribution in [3.05, 3.63) is 11.6 Å². The van der Waals surface area contributed by atoms with Gasteiger partial charge in [0.05, 0.1) is 0 Å². The molecule has 1 heteroatoms. The maximum atomic E-state index is 11.1. The molecule has 0 aliphatic heterocycles. The van der Waals surface area contributed by atoms with Crippen LogP contribution in [0.25, 0.3) is 0 Å². The predicted molar refractivity (Wildman–Crippen MR) is 104 cm³/mol. The number of carbonyl (C=O) groups is 1. The van der Waals surface area contributed by atoms with Crippen molar-refractivity contribution in [1.82, 2.24) is 0 Å². The summed E-state index contributed by atoms with van der Waals surface area (Å²) >= 11 is 0. The molecule has 0 spiro atoms. The molecule has 0 atom stereocenters. The van der Waals surface area contributed by atoms with Crippen molar-refractivity contribution in [1.29, 1.82) is 0 Å². The molecule has 0 bridgehead atoms. The molecule has 23 heavy (non-hydrogen) atoms. The minimum atomic E-state index is 0.994. The summed E-state index contributed by atoms with van der Waals surface area (Å²) in [5.74, 6) is 0. The van der Waals surface area contributed by atoms with Crippen LogP contribution in [0.2, 0.25) is 0 Å². The Balaban J connectivity index is 3.44. The average molecular weight is 323 g/mol. The molecular weight excluding hydrogens is 280 g/mol. The van der Waals surface area contributed by atoms with Crippen LogP contribution in [0, 0.1) is 0 Å². The van der Waals surface area contributed by atoms with Gasteiger partial charge in [-0.05, 0) is 31.3 Å². The van der Waals surface area contributed by atoms with Crippen molar-refractivity contribution in [2.24, 2.45) is 0 Å². The largest absolute Gasteiger partial charge is 0.298 e. The molecule has 0 amide bonds. The second-order valence-corrected chi connectivity index (χ2v) is 7.03. The fraction of sp³-hybridized carbons (Fsp3) is 0.864. The predicted octanol–water partition coefficient (Wildman–Crippen LogP) is 7.78. The lowest BCUT2D eigenvalue weighted by molar-refractivity contribution is -0.105. The van der Waals surface area contributed by atoms with E-state index in [4.69, 9.17) is 0 Å². The van der Waals surface area contributed by atoms with Crippen LogP contribution in [-0.4, -0.2) is 6.29 Å². The first kappa shape index (κ1) is 22.4. The summed E-state index contributed by atoms with van der Waals surface area (Å²) in [6, 6.07) is 0. The van der Waals surface area contributed by atoms with Crippen LogP contribution in [0.5, 0.6) is 0 Å². The first-order valence-corrected chi connectivity index (χ1v) is 10.5. The Morgan fingerprint density at radius 2 is 1.04 bits per heavy atom. The average Bonchev–Trinajstić information content (AvgIpc) is 2.57. The van der Waals surface area contributed by atoms with E-state index in [-0.39, 0.29) is 0 Å². The van der Waals surface area contributed by atoms with E-state index in [1.807, 2.05) is 0 Å². The first-order chi connectivity index (χ1) is 11.3. The Labute approximate surface area is 146 Å². The molecule has 0 radical (unpaired) electrons. The fourth-order valence-electron chi connectivity index (χ4n) is 3.06. The van der Waals surface area contributed by atoms with Gasteiger partial charge in [0.15, 0.2) is 0 Å². The summed E-state index contributed by atoms with van der Waals surface area (Å²) in [5, 5.41) is 0. The monoisotopic (exact) mass is 322 g/mol. The lowest BCUT2D eigenvalue weighted by atomic mass is 10.0. The smallest absolute Gasteiger partial charge is 0.145 e. The maximum absolute atomic E-state index is 11.1. The van der Waals surface area contributed by atoms with Gasteiger partial charge in [0, 0.05) is 0 Å². The summed E-state index contributed by atoms with van der Waals surface area (Å²) < 4.78 is 0. The van der Waals surface area contributed by atoms with E-state index in [1.165, 1.54) is 96.3 Å². The van der Waals surface area contributed by atoms with Crippen molar-refractivity contribution in [2.45, 2.75) is 123 Å². The highest BCUT2D eigenvalue weighted by Gasteiger charge is 1.97. The Morgan fingerprint density at radius 1 is 0.609 bits per heavy atom. The third-order valence-electron chi connectivity index (χ3n) is 4.68. The molecule has 0 saturated carbocycles. The van der Waals surface area contributed by atoms with Gasteiger partial charge in [-0.2, -0.15) is 0 Å². The summed E-state index contributed by atoms with van der Waals surface area (Å²) in [7, 11) is 0. The summed E-state index contributed by atoms with van der Waals surface area (Å²) in [5.41, 5.74) is 1.04. The quantitative estimate of drug-likeness (QED) is 0.143. The number of hydrogen-bond donors (Lipinski definition) is 0. The zero-order valence-electron chi connectivity index (χ0n) is 16.1. The van der Waals surface area contributed by atoms with Gasteiger partial charge >= 0.3 is 0 Å². The van der Waals surface area contributed by atoms with E-state index < -0.39 is 0 Å². The van der Waals surface area contributed by atoms with E-state index in [2.05, 4.69) is 19.9 Å². The number of rotatable bonds is 18. The Kier molecular flexibility index (Phi) is 19.0. The highest BCUT2D eigenvalue weighted by atomic mass is 16.1. The molecule has 0 unspecified atom stereocenters. The van der Waals surface area contributed by atoms with Crippen LogP contribution in [0.3, 0.4) is 0 Å². The highest BCUT2D eigenvalue weighted by molar-refractivity contribution is 5.72. The second-order valence-electron chi connectivity index (χ2n) is 7.03. The SMILES string of the molecule is CCCCCCCCCC/C=C(/C=O)CCCCCCCCC. The van der Waals surface area contributed by atoms with Crippen LogP contribution < -0.4 is 0 Å². The van der Waals surface area contributed by atoms with Crippen LogP contribution in [-0.2, 0) is 4.79 Å². The number of unbranched alkanes of at least 4 members (excludes halogenated alkanes) is 14. The molecule has 0 aliphatic carbocycles. The molecule has 0 aromatic heterocycles. The molecule has 0 heterocycles. The Bertz CT molecular complexity index is 267. The van der Waals surface area contributed by atoms with Gasteiger partial charge < -0.3 is 0 Å². The first-order valence-electron chi connectivity index (χ1n) is 10.5. The third-order valence-corrected chi connectivity index (χ3v) is 4.68. The van der Waals surface area contributed by atoms with E-state index in [9.17, 15) is 4.79 Å². The molecule has 136 valence electrons. The van der Waals surface area contributed by atoms with Crippen molar-refractivity contribution in [3.8, 4) is 0 Å². The van der Waals surface area contributed by atoms with Crippen molar-refractivity contribution in [3.63, 3.8) is 0 Å².